The molecule has 4 rings (SSSR count). The van der Waals surface area contributed by atoms with Gasteiger partial charge in [0.1, 0.15) is 12.7 Å². The maximum Gasteiger partial charge on any atom is 0.338 e. The van der Waals surface area contributed by atoms with E-state index in [9.17, 15) is 9.90 Å². The van der Waals surface area contributed by atoms with Crippen LogP contribution in [0.2, 0.25) is 0 Å². The van der Waals surface area contributed by atoms with Crippen LogP contribution in [0.15, 0.2) is 53.8 Å². The number of hydrogen-bond donors (Lipinski definition) is 1. The zero-order valence-electron chi connectivity index (χ0n) is 21.3. The number of aromatic nitrogens is 1. The van der Waals surface area contributed by atoms with E-state index in [0.29, 0.717) is 18.9 Å². The summed E-state index contributed by atoms with van der Waals surface area (Å²) in [6, 6.07) is 12.1. The Labute approximate surface area is 208 Å². The molecule has 2 aromatic rings. The zero-order valence-corrected chi connectivity index (χ0v) is 21.3. The number of allylic oxidation sites excluding steroid dienone is 1. The molecule has 0 spiro atoms. The highest BCUT2D eigenvalue weighted by molar-refractivity contribution is 6.04. The van der Waals surface area contributed by atoms with Crippen molar-refractivity contribution in [3.63, 3.8) is 0 Å². The zero-order chi connectivity index (χ0) is 25.2. The van der Waals surface area contributed by atoms with E-state index >= 15 is 0 Å². The molecule has 6 heteroatoms. The van der Waals surface area contributed by atoms with Crippen molar-refractivity contribution in [1.29, 1.82) is 0 Å². The Hall–Kier alpha value is -2.99. The Kier molecular flexibility index (Phi) is 7.41. The number of cyclic esters (lactones) is 1. The number of hydrogen-bond acceptors (Lipinski definition) is 6. The van der Waals surface area contributed by atoms with E-state index < -0.39 is 11.6 Å². The number of carbonyl (C=O) groups is 1. The van der Waals surface area contributed by atoms with Crippen molar-refractivity contribution in [1.82, 2.24) is 4.98 Å². The topological polar surface area (TPSA) is 81.0 Å². The van der Waals surface area contributed by atoms with Crippen molar-refractivity contribution < 1.29 is 19.5 Å². The van der Waals surface area contributed by atoms with Gasteiger partial charge in [0.05, 0.1) is 11.4 Å². The number of oxime groups is 1. The van der Waals surface area contributed by atoms with E-state index in [-0.39, 0.29) is 23.9 Å². The highest BCUT2D eigenvalue weighted by Crippen LogP contribution is 2.52. The van der Waals surface area contributed by atoms with Gasteiger partial charge >= 0.3 is 5.97 Å². The molecule has 1 saturated heterocycles. The molecule has 1 aromatic carbocycles. The lowest BCUT2D eigenvalue weighted by Crippen LogP contribution is -2.53. The maximum absolute atomic E-state index is 12.5. The van der Waals surface area contributed by atoms with Gasteiger partial charge in [0.15, 0.2) is 5.60 Å². The first-order valence-electron chi connectivity index (χ1n) is 12.6. The molecule has 6 nitrogen and oxygen atoms in total. The van der Waals surface area contributed by atoms with Crippen LogP contribution < -0.4 is 0 Å². The first-order valence-corrected chi connectivity index (χ1v) is 12.6. The first-order chi connectivity index (χ1) is 16.8. The van der Waals surface area contributed by atoms with E-state index in [1.807, 2.05) is 57.3 Å². The number of benzene rings is 1. The fourth-order valence-corrected chi connectivity index (χ4v) is 6.08. The average molecular weight is 477 g/mol. The van der Waals surface area contributed by atoms with E-state index in [2.05, 4.69) is 37.2 Å². The average Bonchev–Trinajstić information content (AvgIpc) is 3.08. The smallest absolute Gasteiger partial charge is 0.338 e. The second-order valence-electron chi connectivity index (χ2n) is 9.86. The molecule has 1 aromatic heterocycles. The summed E-state index contributed by atoms with van der Waals surface area (Å²) in [5.74, 6) is -0.0884. The van der Waals surface area contributed by atoms with Crippen LogP contribution in [0.5, 0.6) is 0 Å². The SMILES string of the molecule is CCO/N=C(\C)c1ccccc1-c1ccc(/C=C/C2C(CC)C(C)CC3(O)C(=O)O[C@H](C)C23)nc1. The second-order valence-corrected chi connectivity index (χ2v) is 9.86. The minimum atomic E-state index is -1.40. The third-order valence-electron chi connectivity index (χ3n) is 7.68. The number of carbonyl (C=O) groups excluding carboxylic acids is 1. The fraction of sp³-hybridized carbons (Fsp3) is 0.483. The Morgan fingerprint density at radius 3 is 2.71 bits per heavy atom. The Balaban J connectivity index is 1.60. The standard InChI is InChI=1S/C29H36N2O4/c1-6-23-18(3)16-29(33)27(20(5)35-28(29)32)26(23)15-14-22-13-12-21(17-30-22)25-11-9-8-10-24(25)19(4)31-34-7-2/h8-15,17-18,20,23,26-27,33H,6-7,16H2,1-5H3/b15-14+,31-19+/t18?,20-,23?,26?,27?,29?/m1/s1. The van der Waals surface area contributed by atoms with Gasteiger partial charge in [-0.1, -0.05) is 61.8 Å². The van der Waals surface area contributed by atoms with Crippen LogP contribution in [0.1, 0.15) is 58.7 Å². The van der Waals surface area contributed by atoms with Crippen LogP contribution in [0, 0.1) is 23.7 Å². The predicted octanol–water partition coefficient (Wildman–Crippen LogP) is 5.50. The molecule has 0 bridgehead atoms. The van der Waals surface area contributed by atoms with Gasteiger partial charge in [-0.2, -0.15) is 0 Å². The van der Waals surface area contributed by atoms with Crippen molar-refractivity contribution >= 4 is 17.8 Å². The molecule has 0 amide bonds. The normalized spacial score (nSPS) is 30.9. The van der Waals surface area contributed by atoms with Crippen LogP contribution >= 0.6 is 0 Å². The van der Waals surface area contributed by atoms with Crippen molar-refractivity contribution in [2.75, 3.05) is 6.61 Å². The summed E-state index contributed by atoms with van der Waals surface area (Å²) in [6.07, 6.45) is 7.15. The molecule has 186 valence electrons. The molecular weight excluding hydrogens is 440 g/mol. The van der Waals surface area contributed by atoms with Crippen LogP contribution in [0.25, 0.3) is 17.2 Å². The number of aliphatic hydroxyl groups is 1. The van der Waals surface area contributed by atoms with Gasteiger partial charge in [0, 0.05) is 23.2 Å². The van der Waals surface area contributed by atoms with Gasteiger partial charge in [0.2, 0.25) is 0 Å². The van der Waals surface area contributed by atoms with Gasteiger partial charge in [-0.05, 0) is 62.7 Å². The number of nitrogens with zero attached hydrogens (tertiary/aromatic N) is 2. The van der Waals surface area contributed by atoms with Crippen LogP contribution in [0.4, 0.5) is 0 Å². The van der Waals surface area contributed by atoms with Gasteiger partial charge in [0.25, 0.3) is 0 Å². The van der Waals surface area contributed by atoms with Gasteiger partial charge in [-0.3, -0.25) is 4.98 Å². The summed E-state index contributed by atoms with van der Waals surface area (Å²) in [6.45, 7) is 10.6. The lowest BCUT2D eigenvalue weighted by molar-refractivity contribution is -0.160. The molecule has 1 aliphatic heterocycles. The van der Waals surface area contributed by atoms with E-state index in [1.165, 1.54) is 0 Å². The lowest BCUT2D eigenvalue weighted by atomic mass is 9.59. The minimum Gasteiger partial charge on any atom is -0.460 e. The van der Waals surface area contributed by atoms with E-state index in [4.69, 9.17) is 14.6 Å². The molecule has 0 radical (unpaired) electrons. The Morgan fingerprint density at radius 2 is 2.03 bits per heavy atom. The summed E-state index contributed by atoms with van der Waals surface area (Å²) < 4.78 is 5.50. The van der Waals surface area contributed by atoms with E-state index in [1.54, 1.807) is 0 Å². The molecule has 1 saturated carbocycles. The summed E-state index contributed by atoms with van der Waals surface area (Å²) in [5, 5.41) is 15.4. The predicted molar refractivity (Wildman–Crippen MR) is 138 cm³/mol. The number of esters is 1. The summed E-state index contributed by atoms with van der Waals surface area (Å²) in [5.41, 5.74) is 3.30. The highest BCUT2D eigenvalue weighted by atomic mass is 16.6. The van der Waals surface area contributed by atoms with Crippen LogP contribution in [-0.2, 0) is 14.4 Å². The molecule has 2 heterocycles. The molecule has 2 aliphatic rings. The molecule has 1 aliphatic carbocycles. The second kappa shape index (κ2) is 10.3. The Morgan fingerprint density at radius 1 is 1.26 bits per heavy atom. The number of pyridine rings is 1. The summed E-state index contributed by atoms with van der Waals surface area (Å²) in [4.78, 5) is 22.4. The molecular formula is C29H36N2O4. The third kappa shape index (κ3) is 4.76. The monoisotopic (exact) mass is 476 g/mol. The first kappa shape index (κ1) is 25.1. The van der Waals surface area contributed by atoms with Crippen LogP contribution in [0.3, 0.4) is 0 Å². The number of fused-ring (bicyclic) bond motifs is 1. The lowest BCUT2D eigenvalue weighted by Gasteiger charge is -2.45. The highest BCUT2D eigenvalue weighted by Gasteiger charge is 2.62. The largest absolute Gasteiger partial charge is 0.460 e. The quantitative estimate of drug-likeness (QED) is 0.324. The molecule has 5 unspecified atom stereocenters. The fourth-order valence-electron chi connectivity index (χ4n) is 6.08. The number of ether oxygens (including phenoxy) is 1. The van der Waals surface area contributed by atoms with Crippen molar-refractivity contribution in [2.45, 2.75) is 59.2 Å². The van der Waals surface area contributed by atoms with Crippen molar-refractivity contribution in [2.24, 2.45) is 28.8 Å². The van der Waals surface area contributed by atoms with Gasteiger partial charge in [-0.25, -0.2) is 4.79 Å². The Bertz CT molecular complexity index is 1110. The molecule has 35 heavy (non-hydrogen) atoms. The maximum atomic E-state index is 12.5. The van der Waals surface area contributed by atoms with Gasteiger partial charge in [-0.15, -0.1) is 0 Å². The van der Waals surface area contributed by atoms with Gasteiger partial charge < -0.3 is 14.7 Å². The summed E-state index contributed by atoms with van der Waals surface area (Å²) >= 11 is 0. The van der Waals surface area contributed by atoms with Crippen molar-refractivity contribution in [3.8, 4) is 11.1 Å². The third-order valence-corrected chi connectivity index (χ3v) is 7.68. The minimum absolute atomic E-state index is 0.0369. The number of rotatable bonds is 7. The van der Waals surface area contributed by atoms with Crippen LogP contribution in [-0.4, -0.2) is 40.1 Å². The van der Waals surface area contributed by atoms with E-state index in [0.717, 1.165) is 34.5 Å². The van der Waals surface area contributed by atoms with Crippen molar-refractivity contribution in [3.05, 3.63) is 59.9 Å². The molecule has 1 N–H and O–H groups in total. The molecule has 6 atom stereocenters. The summed E-state index contributed by atoms with van der Waals surface area (Å²) in [7, 11) is 0. The molecule has 2 fully saturated rings.